The first-order valence-electron chi connectivity index (χ1n) is 8.35. The molecule has 1 fully saturated rings. The van der Waals surface area contributed by atoms with Gasteiger partial charge in [-0.15, -0.1) is 0 Å². The largest absolute Gasteiger partial charge is 0.349 e. The van der Waals surface area contributed by atoms with Crippen molar-refractivity contribution in [1.82, 2.24) is 5.32 Å². The third kappa shape index (κ3) is 3.93. The Morgan fingerprint density at radius 3 is 2.40 bits per heavy atom. The van der Waals surface area contributed by atoms with Gasteiger partial charge in [-0.25, -0.2) is 0 Å². The monoisotopic (exact) mass is 400 g/mol. The summed E-state index contributed by atoms with van der Waals surface area (Å²) in [6.07, 6.45) is 2.14. The van der Waals surface area contributed by atoms with Crippen molar-refractivity contribution in [2.75, 3.05) is 5.32 Å². The number of rotatable bonds is 5. The van der Waals surface area contributed by atoms with Crippen LogP contribution in [0.4, 0.5) is 5.69 Å². The zero-order chi connectivity index (χ0) is 18.0. The van der Waals surface area contributed by atoms with Gasteiger partial charge in [0.25, 0.3) is 5.91 Å². The van der Waals surface area contributed by atoms with Gasteiger partial charge in [0.05, 0.1) is 0 Å². The van der Waals surface area contributed by atoms with E-state index < -0.39 is 0 Å². The van der Waals surface area contributed by atoms with E-state index in [0.717, 1.165) is 17.3 Å². The van der Waals surface area contributed by atoms with Crippen LogP contribution in [-0.2, 0) is 10.2 Å². The maximum Gasteiger partial charge on any atom is 0.251 e. The minimum absolute atomic E-state index is 0.0194. The van der Waals surface area contributed by atoms with Crippen LogP contribution in [0.25, 0.3) is 0 Å². The molecule has 2 aromatic carbocycles. The lowest BCUT2D eigenvalue weighted by molar-refractivity contribution is -0.114. The maximum absolute atomic E-state index is 12.6. The first kappa shape index (κ1) is 17.7. The molecule has 0 heterocycles. The van der Waals surface area contributed by atoms with Crippen molar-refractivity contribution in [2.45, 2.75) is 38.1 Å². The third-order valence-electron chi connectivity index (χ3n) is 4.83. The first-order valence-corrected chi connectivity index (χ1v) is 9.14. The Kier molecular flexibility index (Phi) is 4.95. The average Bonchev–Trinajstić information content (AvgIpc) is 3.37. The van der Waals surface area contributed by atoms with Crippen LogP contribution in [0, 0.1) is 0 Å². The zero-order valence-electron chi connectivity index (χ0n) is 14.3. The van der Waals surface area contributed by atoms with E-state index in [4.69, 9.17) is 0 Å². The molecule has 130 valence electrons. The van der Waals surface area contributed by atoms with Crippen LogP contribution < -0.4 is 10.6 Å². The number of halogens is 1. The van der Waals surface area contributed by atoms with Crippen molar-refractivity contribution in [2.24, 2.45) is 0 Å². The number of amides is 2. The second-order valence-electron chi connectivity index (χ2n) is 6.62. The van der Waals surface area contributed by atoms with E-state index >= 15 is 0 Å². The van der Waals surface area contributed by atoms with Gasteiger partial charge in [0.1, 0.15) is 0 Å². The van der Waals surface area contributed by atoms with Crippen molar-refractivity contribution < 1.29 is 9.59 Å². The molecule has 0 aliphatic heterocycles. The number of hydrogen-bond donors (Lipinski definition) is 2. The minimum Gasteiger partial charge on any atom is -0.349 e. The first-order chi connectivity index (χ1) is 11.9. The molecular weight excluding hydrogens is 380 g/mol. The summed E-state index contributed by atoms with van der Waals surface area (Å²) in [7, 11) is 0. The summed E-state index contributed by atoms with van der Waals surface area (Å²) in [6.45, 7) is 3.51. The molecule has 5 heteroatoms. The lowest BCUT2D eigenvalue weighted by Crippen LogP contribution is -2.41. The molecular formula is C20H21BrN2O2. The van der Waals surface area contributed by atoms with Gasteiger partial charge in [-0.2, -0.15) is 0 Å². The topological polar surface area (TPSA) is 58.2 Å². The fourth-order valence-electron chi connectivity index (χ4n) is 3.25. The normalized spacial score (nSPS) is 16.0. The molecule has 1 aliphatic rings. The van der Waals surface area contributed by atoms with E-state index in [9.17, 15) is 9.59 Å². The van der Waals surface area contributed by atoms with E-state index in [1.807, 2.05) is 12.1 Å². The molecule has 1 saturated carbocycles. The Bertz CT molecular complexity index is 798. The van der Waals surface area contributed by atoms with Crippen LogP contribution in [-0.4, -0.2) is 17.9 Å². The predicted molar refractivity (Wildman–Crippen MR) is 103 cm³/mol. The molecule has 4 nitrogen and oxygen atoms in total. The molecule has 0 radical (unpaired) electrons. The van der Waals surface area contributed by atoms with Gasteiger partial charge in [0.2, 0.25) is 5.91 Å². The fourth-order valence-corrected chi connectivity index (χ4v) is 3.51. The highest BCUT2D eigenvalue weighted by Crippen LogP contribution is 2.51. The second kappa shape index (κ2) is 7.00. The van der Waals surface area contributed by atoms with E-state index in [0.29, 0.717) is 11.3 Å². The summed E-state index contributed by atoms with van der Waals surface area (Å²) in [4.78, 5) is 23.8. The van der Waals surface area contributed by atoms with Crippen LogP contribution in [0.3, 0.4) is 0 Å². The number of hydrogen-bond acceptors (Lipinski definition) is 2. The number of carbonyl (C=O) groups is 2. The Balaban J connectivity index is 1.72. The zero-order valence-corrected chi connectivity index (χ0v) is 15.9. The quantitative estimate of drug-likeness (QED) is 0.787. The fraction of sp³-hybridized carbons (Fsp3) is 0.300. The van der Waals surface area contributed by atoms with Crippen molar-refractivity contribution in [3.63, 3.8) is 0 Å². The molecule has 25 heavy (non-hydrogen) atoms. The van der Waals surface area contributed by atoms with Gasteiger partial charge in [0, 0.05) is 34.1 Å². The van der Waals surface area contributed by atoms with Crippen molar-refractivity contribution in [3.8, 4) is 0 Å². The molecule has 0 saturated heterocycles. The lowest BCUT2D eigenvalue weighted by Gasteiger charge is -2.25. The van der Waals surface area contributed by atoms with Crippen LogP contribution in [0.2, 0.25) is 0 Å². The van der Waals surface area contributed by atoms with Gasteiger partial charge in [-0.1, -0.05) is 34.1 Å². The molecule has 0 spiro atoms. The molecule has 0 bridgehead atoms. The van der Waals surface area contributed by atoms with Gasteiger partial charge in [0.15, 0.2) is 0 Å². The number of nitrogens with one attached hydrogen (secondary N) is 2. The number of carbonyl (C=O) groups excluding carboxylic acids is 2. The van der Waals surface area contributed by atoms with E-state index in [-0.39, 0.29) is 23.3 Å². The van der Waals surface area contributed by atoms with Gasteiger partial charge in [-0.3, -0.25) is 9.59 Å². The lowest BCUT2D eigenvalue weighted by atomic mass is 9.89. The Morgan fingerprint density at radius 1 is 1.12 bits per heavy atom. The van der Waals surface area contributed by atoms with Crippen molar-refractivity contribution >= 4 is 33.4 Å². The molecule has 1 aliphatic carbocycles. The molecule has 1 unspecified atom stereocenters. The van der Waals surface area contributed by atoms with Crippen LogP contribution >= 0.6 is 15.9 Å². The molecule has 0 aromatic heterocycles. The highest BCUT2D eigenvalue weighted by atomic mass is 79.9. The maximum atomic E-state index is 12.6. The highest BCUT2D eigenvalue weighted by Gasteiger charge is 2.49. The second-order valence-corrected chi connectivity index (χ2v) is 7.54. The summed E-state index contributed by atoms with van der Waals surface area (Å²) in [5, 5.41) is 5.83. The smallest absolute Gasteiger partial charge is 0.251 e. The molecule has 2 aromatic rings. The SMILES string of the molecule is CC(=O)Nc1cccc(C(=O)NC(C)C2(c3ccc(Br)cc3)CC2)c1. The third-order valence-corrected chi connectivity index (χ3v) is 5.36. The average molecular weight is 401 g/mol. The van der Waals surface area contributed by atoms with Crippen LogP contribution in [0.1, 0.15) is 42.6 Å². The standard InChI is InChI=1S/C20H21BrN2O2/c1-13(20(10-11-20)16-6-8-17(21)9-7-16)22-19(25)15-4-3-5-18(12-15)23-14(2)24/h3-9,12-13H,10-11H2,1-2H3,(H,22,25)(H,23,24). The Morgan fingerprint density at radius 2 is 1.80 bits per heavy atom. The van der Waals surface area contributed by atoms with E-state index in [2.05, 4.69) is 45.6 Å². The molecule has 3 rings (SSSR count). The Hall–Kier alpha value is -2.14. The molecule has 2 amide bonds. The molecule has 1 atom stereocenters. The molecule has 2 N–H and O–H groups in total. The summed E-state index contributed by atoms with van der Waals surface area (Å²) in [5.74, 6) is -0.277. The Labute approximate surface area is 156 Å². The van der Waals surface area contributed by atoms with Crippen LogP contribution in [0.5, 0.6) is 0 Å². The van der Waals surface area contributed by atoms with Gasteiger partial charge < -0.3 is 10.6 Å². The summed E-state index contributed by atoms with van der Waals surface area (Å²) in [5.41, 5.74) is 2.45. The summed E-state index contributed by atoms with van der Waals surface area (Å²) >= 11 is 3.46. The van der Waals surface area contributed by atoms with Crippen LogP contribution in [0.15, 0.2) is 53.0 Å². The van der Waals surface area contributed by atoms with Gasteiger partial charge in [-0.05, 0) is 55.7 Å². The highest BCUT2D eigenvalue weighted by molar-refractivity contribution is 9.10. The van der Waals surface area contributed by atoms with E-state index in [1.165, 1.54) is 12.5 Å². The number of anilines is 1. The van der Waals surface area contributed by atoms with Gasteiger partial charge >= 0.3 is 0 Å². The summed E-state index contributed by atoms with van der Waals surface area (Å²) in [6, 6.07) is 15.4. The van der Waals surface area contributed by atoms with Crippen molar-refractivity contribution in [3.05, 3.63) is 64.1 Å². The van der Waals surface area contributed by atoms with E-state index in [1.54, 1.807) is 24.3 Å². The predicted octanol–water partition coefficient (Wildman–Crippen LogP) is 4.26. The number of benzene rings is 2. The minimum atomic E-state index is -0.155. The summed E-state index contributed by atoms with van der Waals surface area (Å²) < 4.78 is 1.05. The van der Waals surface area contributed by atoms with Crippen molar-refractivity contribution in [1.29, 1.82) is 0 Å².